The highest BCUT2D eigenvalue weighted by molar-refractivity contribution is 7.08. The quantitative estimate of drug-likeness (QED) is 0.829. The first-order valence-corrected chi connectivity index (χ1v) is 5.49. The van der Waals surface area contributed by atoms with Gasteiger partial charge in [-0.2, -0.15) is 11.3 Å². The van der Waals surface area contributed by atoms with Crippen LogP contribution in [0.25, 0.3) is 0 Å². The van der Waals surface area contributed by atoms with Crippen molar-refractivity contribution in [3.8, 4) is 0 Å². The minimum atomic E-state index is 0.326. The van der Waals surface area contributed by atoms with Gasteiger partial charge >= 0.3 is 0 Å². The Morgan fingerprint density at radius 3 is 2.71 bits per heavy atom. The lowest BCUT2D eigenvalue weighted by atomic mass is 10.1. The second-order valence-corrected chi connectivity index (χ2v) is 3.94. The second kappa shape index (κ2) is 4.24. The molecule has 14 heavy (non-hydrogen) atoms. The van der Waals surface area contributed by atoms with Crippen LogP contribution >= 0.6 is 11.3 Å². The van der Waals surface area contributed by atoms with Crippen molar-refractivity contribution in [2.24, 2.45) is 0 Å². The van der Waals surface area contributed by atoms with Crippen LogP contribution in [0.15, 0.2) is 41.4 Å². The van der Waals surface area contributed by atoms with Crippen LogP contribution in [0.3, 0.4) is 0 Å². The lowest BCUT2D eigenvalue weighted by Crippen LogP contribution is -2.05. The van der Waals surface area contributed by atoms with Crippen molar-refractivity contribution in [1.82, 2.24) is 4.98 Å². The van der Waals surface area contributed by atoms with Gasteiger partial charge in [0.15, 0.2) is 0 Å². The van der Waals surface area contributed by atoms with E-state index in [0.29, 0.717) is 6.04 Å². The molecule has 0 bridgehead atoms. The molecule has 0 aliphatic rings. The van der Waals surface area contributed by atoms with E-state index < -0.39 is 0 Å². The number of rotatable bonds is 3. The zero-order valence-electron chi connectivity index (χ0n) is 7.97. The van der Waals surface area contributed by atoms with Gasteiger partial charge in [-0.3, -0.25) is 4.98 Å². The largest absolute Gasteiger partial charge is 0.378 e. The molecule has 2 rings (SSSR count). The van der Waals surface area contributed by atoms with Gasteiger partial charge in [0.1, 0.15) is 0 Å². The lowest BCUT2D eigenvalue weighted by Gasteiger charge is -2.13. The number of nitrogens with one attached hydrogen (secondary N) is 1. The molecule has 0 aliphatic carbocycles. The third kappa shape index (κ3) is 2.12. The molecule has 0 fully saturated rings. The van der Waals surface area contributed by atoms with Crippen LogP contribution in [-0.2, 0) is 0 Å². The highest BCUT2D eigenvalue weighted by atomic mass is 32.1. The molecule has 1 N–H and O–H groups in total. The Hall–Kier alpha value is -1.35. The fraction of sp³-hybridized carbons (Fsp3) is 0.182. The van der Waals surface area contributed by atoms with E-state index in [1.807, 2.05) is 24.5 Å². The van der Waals surface area contributed by atoms with Gasteiger partial charge in [-0.15, -0.1) is 0 Å². The van der Waals surface area contributed by atoms with Gasteiger partial charge in [0.25, 0.3) is 0 Å². The van der Waals surface area contributed by atoms with E-state index in [2.05, 4.69) is 34.1 Å². The van der Waals surface area contributed by atoms with Crippen LogP contribution in [0.1, 0.15) is 18.5 Å². The van der Waals surface area contributed by atoms with E-state index in [9.17, 15) is 0 Å². The van der Waals surface area contributed by atoms with Crippen LogP contribution in [0.5, 0.6) is 0 Å². The highest BCUT2D eigenvalue weighted by Crippen LogP contribution is 2.20. The molecule has 0 aromatic carbocycles. The number of nitrogens with zero attached hydrogens (tertiary/aromatic N) is 1. The molecule has 0 aliphatic heterocycles. The molecule has 2 aromatic rings. The first-order chi connectivity index (χ1) is 6.86. The summed E-state index contributed by atoms with van der Waals surface area (Å²) >= 11 is 1.70. The maximum Gasteiger partial charge on any atom is 0.0487 e. The molecule has 1 atom stereocenters. The number of pyridine rings is 1. The Kier molecular flexibility index (Phi) is 2.79. The molecule has 72 valence electrons. The average molecular weight is 204 g/mol. The van der Waals surface area contributed by atoms with E-state index in [4.69, 9.17) is 0 Å². The first kappa shape index (κ1) is 9.21. The molecule has 3 heteroatoms. The number of anilines is 1. The molecule has 0 amide bonds. The highest BCUT2D eigenvalue weighted by Gasteiger charge is 2.03. The Balaban J connectivity index is 2.07. The van der Waals surface area contributed by atoms with E-state index >= 15 is 0 Å². The van der Waals surface area contributed by atoms with Gasteiger partial charge < -0.3 is 5.32 Å². The van der Waals surface area contributed by atoms with Gasteiger partial charge in [-0.05, 0) is 36.1 Å². The third-order valence-electron chi connectivity index (χ3n) is 2.11. The van der Waals surface area contributed by atoms with Crippen molar-refractivity contribution in [2.75, 3.05) is 5.32 Å². The molecule has 1 unspecified atom stereocenters. The monoisotopic (exact) mass is 204 g/mol. The Morgan fingerprint density at radius 1 is 1.29 bits per heavy atom. The molecular weight excluding hydrogens is 192 g/mol. The summed E-state index contributed by atoms with van der Waals surface area (Å²) in [5.74, 6) is 0. The summed E-state index contributed by atoms with van der Waals surface area (Å²) in [5.41, 5.74) is 2.44. The zero-order valence-corrected chi connectivity index (χ0v) is 8.79. The first-order valence-electron chi connectivity index (χ1n) is 4.55. The number of thiophene rings is 1. The topological polar surface area (TPSA) is 24.9 Å². The van der Waals surface area contributed by atoms with Gasteiger partial charge in [-0.1, -0.05) is 0 Å². The van der Waals surface area contributed by atoms with Crippen LogP contribution in [-0.4, -0.2) is 4.98 Å². The standard InChI is InChI=1S/C11H12N2S/c1-9(10-2-5-12-6-3-10)13-11-4-7-14-8-11/h2-9,13H,1H3. The summed E-state index contributed by atoms with van der Waals surface area (Å²) < 4.78 is 0. The molecule has 0 spiro atoms. The van der Waals surface area contributed by atoms with E-state index in [0.717, 1.165) is 0 Å². The minimum absolute atomic E-state index is 0.326. The molecule has 0 saturated heterocycles. The van der Waals surface area contributed by atoms with Gasteiger partial charge in [0.2, 0.25) is 0 Å². The zero-order chi connectivity index (χ0) is 9.80. The van der Waals surface area contributed by atoms with Crippen molar-refractivity contribution in [2.45, 2.75) is 13.0 Å². The van der Waals surface area contributed by atoms with Crippen molar-refractivity contribution in [3.05, 3.63) is 46.9 Å². The number of hydrogen-bond acceptors (Lipinski definition) is 3. The SMILES string of the molecule is CC(Nc1ccsc1)c1ccncc1. The number of aromatic nitrogens is 1. The van der Waals surface area contributed by atoms with Gasteiger partial charge in [-0.25, -0.2) is 0 Å². The van der Waals surface area contributed by atoms with Crippen LogP contribution in [0, 0.1) is 0 Å². The van der Waals surface area contributed by atoms with Crippen LogP contribution < -0.4 is 5.32 Å². The lowest BCUT2D eigenvalue weighted by molar-refractivity contribution is 0.882. The fourth-order valence-corrected chi connectivity index (χ4v) is 1.93. The summed E-state index contributed by atoms with van der Waals surface area (Å²) in [6.07, 6.45) is 3.64. The normalized spacial score (nSPS) is 12.4. The molecular formula is C11H12N2S. The van der Waals surface area contributed by atoms with E-state index in [1.54, 1.807) is 11.3 Å². The van der Waals surface area contributed by atoms with Crippen molar-refractivity contribution >= 4 is 17.0 Å². The van der Waals surface area contributed by atoms with Crippen molar-refractivity contribution in [1.29, 1.82) is 0 Å². The smallest absolute Gasteiger partial charge is 0.0487 e. The Morgan fingerprint density at radius 2 is 2.07 bits per heavy atom. The van der Waals surface area contributed by atoms with Crippen LogP contribution in [0.2, 0.25) is 0 Å². The van der Waals surface area contributed by atoms with E-state index in [1.165, 1.54) is 11.3 Å². The van der Waals surface area contributed by atoms with Crippen molar-refractivity contribution < 1.29 is 0 Å². The summed E-state index contributed by atoms with van der Waals surface area (Å²) in [6.45, 7) is 2.15. The maximum absolute atomic E-state index is 4.00. The second-order valence-electron chi connectivity index (χ2n) is 3.16. The molecule has 2 nitrogen and oxygen atoms in total. The Labute approximate surface area is 87.6 Å². The van der Waals surface area contributed by atoms with Gasteiger partial charge in [0.05, 0.1) is 0 Å². The molecule has 0 radical (unpaired) electrons. The van der Waals surface area contributed by atoms with Crippen LogP contribution in [0.4, 0.5) is 5.69 Å². The predicted molar refractivity (Wildman–Crippen MR) is 60.6 cm³/mol. The Bertz CT molecular complexity index is 369. The van der Waals surface area contributed by atoms with E-state index in [-0.39, 0.29) is 0 Å². The third-order valence-corrected chi connectivity index (χ3v) is 2.79. The maximum atomic E-state index is 4.00. The fourth-order valence-electron chi connectivity index (χ4n) is 1.33. The molecule has 2 heterocycles. The predicted octanol–water partition coefficient (Wildman–Crippen LogP) is 3.32. The minimum Gasteiger partial charge on any atom is -0.378 e. The summed E-state index contributed by atoms with van der Waals surface area (Å²) in [7, 11) is 0. The number of hydrogen-bond donors (Lipinski definition) is 1. The van der Waals surface area contributed by atoms with Crippen molar-refractivity contribution in [3.63, 3.8) is 0 Å². The average Bonchev–Trinajstić information content (AvgIpc) is 2.72. The van der Waals surface area contributed by atoms with Gasteiger partial charge in [0, 0.05) is 29.5 Å². The molecule has 2 aromatic heterocycles. The molecule has 0 saturated carbocycles. The summed E-state index contributed by atoms with van der Waals surface area (Å²) in [6, 6.07) is 6.48. The summed E-state index contributed by atoms with van der Waals surface area (Å²) in [4.78, 5) is 4.00. The summed E-state index contributed by atoms with van der Waals surface area (Å²) in [5, 5.41) is 7.60.